The van der Waals surface area contributed by atoms with Crippen molar-refractivity contribution in [3.63, 3.8) is 0 Å². The third-order valence-electron chi connectivity index (χ3n) is 2.18. The maximum absolute atomic E-state index is 5.26. The van der Waals surface area contributed by atoms with E-state index in [0.29, 0.717) is 0 Å². The van der Waals surface area contributed by atoms with Gasteiger partial charge >= 0.3 is 99.5 Å². The van der Waals surface area contributed by atoms with Gasteiger partial charge in [0.15, 0.2) is 0 Å². The Morgan fingerprint density at radius 1 is 1.25 bits per heavy atom. The van der Waals surface area contributed by atoms with Crippen molar-refractivity contribution in [1.82, 2.24) is 0 Å². The van der Waals surface area contributed by atoms with Gasteiger partial charge in [-0.25, -0.2) is 0 Å². The predicted molar refractivity (Wildman–Crippen MR) is 48.0 cm³/mol. The molecule has 64 valence electrons. The van der Waals surface area contributed by atoms with Gasteiger partial charge < -0.3 is 0 Å². The van der Waals surface area contributed by atoms with Crippen molar-refractivity contribution in [2.45, 2.75) is 33.8 Å². The Morgan fingerprint density at radius 3 is 2.25 bits per heavy atom. The van der Waals surface area contributed by atoms with Crippen LogP contribution in [-0.4, -0.2) is 0 Å². The van der Waals surface area contributed by atoms with Gasteiger partial charge in [0.2, 0.25) is 0 Å². The minimum absolute atomic E-state index is 0.819. The van der Waals surface area contributed by atoms with Crippen LogP contribution in [0.15, 0.2) is 0 Å². The molecule has 1 nitrogen and oxygen atoms in total. The Morgan fingerprint density at radius 2 is 1.83 bits per heavy atom. The molecule has 1 aromatic heterocycles. The van der Waals surface area contributed by atoms with Crippen molar-refractivity contribution in [2.75, 3.05) is 0 Å². The first-order valence-corrected chi connectivity index (χ1v) is 6.07. The molecule has 0 radical (unpaired) electrons. The zero-order valence-corrected chi connectivity index (χ0v) is 11.5. The molecule has 1 rings (SSSR count). The number of hydrogen-bond acceptors (Lipinski definition) is 2. The summed E-state index contributed by atoms with van der Waals surface area (Å²) < 4.78 is 5.26. The van der Waals surface area contributed by atoms with E-state index < -0.39 is 0 Å². The Balaban J connectivity index is 2.98. The monoisotopic (exact) mass is 258 g/mol. The van der Waals surface area contributed by atoms with Crippen LogP contribution in [0.4, 0.5) is 0 Å². The fourth-order valence-corrected chi connectivity index (χ4v) is 3.16. The van der Waals surface area contributed by atoms with E-state index in [1.165, 1.54) is 20.9 Å². The molecule has 0 aliphatic carbocycles. The Labute approximate surface area is 98.8 Å². The SMILES string of the molecule is CCc1sc(C[O][Y])c(C)c1C. The molecule has 0 unspecified atom stereocenters. The van der Waals surface area contributed by atoms with Gasteiger partial charge in [0, 0.05) is 0 Å². The fraction of sp³-hybridized carbons (Fsp3) is 0.556. The van der Waals surface area contributed by atoms with E-state index in [2.05, 4.69) is 20.8 Å². The predicted octanol–water partition coefficient (Wildman–Crippen LogP) is 2.91. The summed E-state index contributed by atoms with van der Waals surface area (Å²) in [7, 11) is 0. The van der Waals surface area contributed by atoms with E-state index in [0.717, 1.165) is 44.5 Å². The molecule has 0 saturated heterocycles. The van der Waals surface area contributed by atoms with Gasteiger partial charge in [0.1, 0.15) is 0 Å². The van der Waals surface area contributed by atoms with E-state index in [9.17, 15) is 0 Å². The molecule has 0 aliphatic heterocycles. The Bertz CT molecular complexity index is 268. The van der Waals surface area contributed by atoms with Crippen molar-refractivity contribution < 1.29 is 33.5 Å². The van der Waals surface area contributed by atoms with Gasteiger partial charge in [0.05, 0.1) is 0 Å². The Kier molecular flexibility index (Phi) is 4.38. The number of hydrogen-bond donors (Lipinski definition) is 0. The molecule has 0 aliphatic rings. The molecule has 0 saturated carbocycles. The number of rotatable bonds is 3. The van der Waals surface area contributed by atoms with E-state index >= 15 is 0 Å². The average molecular weight is 258 g/mol. The summed E-state index contributed by atoms with van der Waals surface area (Å²) >= 11 is 2.80. The normalized spacial score (nSPS) is 10.5. The summed E-state index contributed by atoms with van der Waals surface area (Å²) in [6.07, 6.45) is 1.15. The van der Waals surface area contributed by atoms with E-state index in [1.54, 1.807) is 0 Å². The van der Waals surface area contributed by atoms with Crippen LogP contribution in [0.2, 0.25) is 0 Å². The van der Waals surface area contributed by atoms with Crippen LogP contribution in [0.5, 0.6) is 0 Å². The van der Waals surface area contributed by atoms with Gasteiger partial charge in [-0.15, -0.1) is 0 Å². The molecule has 0 aromatic carbocycles. The van der Waals surface area contributed by atoms with Crippen LogP contribution < -0.4 is 0 Å². The minimum atomic E-state index is 0.819. The van der Waals surface area contributed by atoms with Crippen LogP contribution >= 0.6 is 11.3 Å². The summed E-state index contributed by atoms with van der Waals surface area (Å²) in [4.78, 5) is 2.93. The second kappa shape index (κ2) is 4.85. The molecular formula is C9H13OSY. The van der Waals surface area contributed by atoms with E-state index in [1.807, 2.05) is 11.3 Å². The van der Waals surface area contributed by atoms with Gasteiger partial charge in [0.25, 0.3) is 0 Å². The van der Waals surface area contributed by atoms with Gasteiger partial charge in [-0.05, 0) is 0 Å². The van der Waals surface area contributed by atoms with Crippen molar-refractivity contribution in [3.05, 3.63) is 20.9 Å². The molecule has 0 fully saturated rings. The first-order chi connectivity index (χ1) is 5.70. The second-order valence-electron chi connectivity index (χ2n) is 2.86. The molecule has 12 heavy (non-hydrogen) atoms. The van der Waals surface area contributed by atoms with Crippen LogP contribution in [0.3, 0.4) is 0 Å². The fourth-order valence-electron chi connectivity index (χ4n) is 1.27. The molecule has 3 heteroatoms. The third-order valence-corrected chi connectivity index (χ3v) is 4.10. The summed E-state index contributed by atoms with van der Waals surface area (Å²) in [5.74, 6) is 0. The van der Waals surface area contributed by atoms with Crippen molar-refractivity contribution >= 4 is 11.3 Å². The molecule has 0 bridgehead atoms. The van der Waals surface area contributed by atoms with Crippen molar-refractivity contribution in [2.24, 2.45) is 0 Å². The third kappa shape index (κ3) is 2.17. The molecule has 0 amide bonds. The van der Waals surface area contributed by atoms with Gasteiger partial charge in [-0.3, -0.25) is 0 Å². The molecule has 0 spiro atoms. The van der Waals surface area contributed by atoms with Crippen LogP contribution in [0.1, 0.15) is 27.8 Å². The van der Waals surface area contributed by atoms with Crippen molar-refractivity contribution in [1.29, 1.82) is 0 Å². The Hall–Kier alpha value is 0.764. The summed E-state index contributed by atoms with van der Waals surface area (Å²) in [6.45, 7) is 7.43. The van der Waals surface area contributed by atoms with Gasteiger partial charge in [-0.1, -0.05) is 0 Å². The molecular weight excluding hydrogens is 245 g/mol. The summed E-state index contributed by atoms with van der Waals surface area (Å²) in [5, 5.41) is 0. The van der Waals surface area contributed by atoms with E-state index in [4.69, 9.17) is 2.05 Å². The topological polar surface area (TPSA) is 9.23 Å². The number of thiophene rings is 1. The van der Waals surface area contributed by atoms with Crippen LogP contribution in [0, 0.1) is 13.8 Å². The first-order valence-electron chi connectivity index (χ1n) is 4.10. The average Bonchev–Trinajstić information content (AvgIpc) is 2.33. The van der Waals surface area contributed by atoms with Crippen molar-refractivity contribution in [3.8, 4) is 0 Å². The summed E-state index contributed by atoms with van der Waals surface area (Å²) in [6, 6.07) is 0. The molecule has 0 N–H and O–H groups in total. The van der Waals surface area contributed by atoms with E-state index in [-0.39, 0.29) is 0 Å². The number of aryl methyl sites for hydroxylation is 1. The zero-order valence-electron chi connectivity index (χ0n) is 7.81. The molecule has 1 aromatic rings. The van der Waals surface area contributed by atoms with Gasteiger partial charge in [-0.2, -0.15) is 0 Å². The quantitative estimate of drug-likeness (QED) is 0.810. The standard InChI is InChI=1S/C9H13OS.Y/c1-4-8-6(2)7(3)9(5-10)11-8;/h4-5H2,1-3H3;/q-1;+1. The first kappa shape index (κ1) is 10.8. The second-order valence-corrected chi connectivity index (χ2v) is 4.87. The maximum atomic E-state index is 5.26. The molecule has 0 atom stereocenters. The molecule has 1 heterocycles. The summed E-state index contributed by atoms with van der Waals surface area (Å²) in [5.41, 5.74) is 2.90. The zero-order chi connectivity index (χ0) is 9.14. The van der Waals surface area contributed by atoms with Crippen LogP contribution in [0.25, 0.3) is 0 Å². The van der Waals surface area contributed by atoms with Crippen LogP contribution in [-0.2, 0) is 46.5 Å².